The molecule has 0 saturated carbocycles. The highest BCUT2D eigenvalue weighted by atomic mass is 79.9. The lowest BCUT2D eigenvalue weighted by atomic mass is 10.2. The highest BCUT2D eigenvalue weighted by Crippen LogP contribution is 2.29. The molecule has 0 spiro atoms. The summed E-state index contributed by atoms with van der Waals surface area (Å²) in [7, 11) is 0. The van der Waals surface area contributed by atoms with Gasteiger partial charge in [-0.1, -0.05) is 25.6 Å². The number of aromatic nitrogens is 2. The Balaban J connectivity index is 2.23. The van der Waals surface area contributed by atoms with Crippen LogP contribution in [-0.2, 0) is 0 Å². The highest BCUT2D eigenvalue weighted by molar-refractivity contribution is 9.10. The van der Waals surface area contributed by atoms with E-state index in [4.69, 9.17) is 0 Å². The van der Waals surface area contributed by atoms with Crippen LogP contribution in [0.25, 0.3) is 0 Å². The molecule has 0 fully saturated rings. The van der Waals surface area contributed by atoms with E-state index in [9.17, 15) is 10.1 Å². The molecule has 0 bridgehead atoms. The van der Waals surface area contributed by atoms with Crippen LogP contribution < -0.4 is 0 Å². The monoisotopic (exact) mass is 353 g/mol. The maximum absolute atomic E-state index is 10.6. The predicted molar refractivity (Wildman–Crippen MR) is 81.0 cm³/mol. The number of halogens is 1. The Labute approximate surface area is 129 Å². The number of nitrogens with zero attached hydrogens (tertiary/aromatic N) is 3. The first-order valence-corrected chi connectivity index (χ1v) is 7.53. The normalized spacial score (nSPS) is 10.8. The molecule has 20 heavy (non-hydrogen) atoms. The van der Waals surface area contributed by atoms with Gasteiger partial charge in [0.2, 0.25) is 0 Å². The third-order valence-corrected chi connectivity index (χ3v) is 3.81. The van der Waals surface area contributed by atoms with Crippen molar-refractivity contribution in [3.63, 3.8) is 0 Å². The van der Waals surface area contributed by atoms with Gasteiger partial charge in [0.1, 0.15) is 15.5 Å². The minimum atomic E-state index is -0.410. The molecule has 0 atom stereocenters. The average Bonchev–Trinajstić information content (AvgIpc) is 2.38. The fourth-order valence-corrected chi connectivity index (χ4v) is 2.85. The Morgan fingerprint density at radius 3 is 2.45 bits per heavy atom. The Morgan fingerprint density at radius 2 is 1.90 bits per heavy atom. The van der Waals surface area contributed by atoms with Crippen molar-refractivity contribution in [2.45, 2.75) is 29.7 Å². The molecule has 0 saturated heterocycles. The molecule has 1 heterocycles. The summed E-state index contributed by atoms with van der Waals surface area (Å²) in [4.78, 5) is 19.9. The van der Waals surface area contributed by atoms with Crippen molar-refractivity contribution >= 4 is 33.4 Å². The third kappa shape index (κ3) is 3.77. The fourth-order valence-electron chi connectivity index (χ4n) is 1.48. The Kier molecular flexibility index (Phi) is 4.72. The molecule has 2 rings (SSSR count). The maximum Gasteiger partial charge on any atom is 0.269 e. The number of benzene rings is 1. The van der Waals surface area contributed by atoms with Crippen molar-refractivity contribution in [2.24, 2.45) is 0 Å². The van der Waals surface area contributed by atoms with Gasteiger partial charge in [-0.3, -0.25) is 10.1 Å². The minimum absolute atomic E-state index is 0.0843. The van der Waals surface area contributed by atoms with Crippen molar-refractivity contribution < 1.29 is 4.92 Å². The Morgan fingerprint density at radius 1 is 1.25 bits per heavy atom. The van der Waals surface area contributed by atoms with Crippen LogP contribution in [0.15, 0.2) is 44.9 Å². The summed E-state index contributed by atoms with van der Waals surface area (Å²) >= 11 is 4.82. The van der Waals surface area contributed by atoms with Gasteiger partial charge in [-0.05, 0) is 28.1 Å². The summed E-state index contributed by atoms with van der Waals surface area (Å²) in [6, 6.07) is 8.24. The molecule has 0 aliphatic heterocycles. The summed E-state index contributed by atoms with van der Waals surface area (Å²) in [6.07, 6.45) is 0. The van der Waals surface area contributed by atoms with Gasteiger partial charge in [-0.15, -0.1) is 0 Å². The summed E-state index contributed by atoms with van der Waals surface area (Å²) in [5, 5.41) is 11.4. The van der Waals surface area contributed by atoms with Crippen LogP contribution in [0.3, 0.4) is 0 Å². The van der Waals surface area contributed by atoms with Crippen molar-refractivity contribution in [1.82, 2.24) is 9.97 Å². The van der Waals surface area contributed by atoms with Crippen LogP contribution in [0, 0.1) is 10.1 Å². The molecule has 7 heteroatoms. The molecule has 2 aromatic rings. The van der Waals surface area contributed by atoms with E-state index < -0.39 is 4.92 Å². The summed E-state index contributed by atoms with van der Waals surface area (Å²) in [5.41, 5.74) is 0.0843. The first-order valence-electron chi connectivity index (χ1n) is 5.92. The molecule has 0 aliphatic rings. The van der Waals surface area contributed by atoms with Gasteiger partial charge in [-0.25, -0.2) is 9.97 Å². The zero-order valence-corrected chi connectivity index (χ0v) is 13.3. The van der Waals surface area contributed by atoms with E-state index in [0.717, 1.165) is 20.3 Å². The molecule has 5 nitrogen and oxygen atoms in total. The van der Waals surface area contributed by atoms with E-state index in [-0.39, 0.29) is 11.6 Å². The van der Waals surface area contributed by atoms with E-state index in [1.165, 1.54) is 23.9 Å². The summed E-state index contributed by atoms with van der Waals surface area (Å²) in [5.74, 6) is 1.01. The Bertz CT molecular complexity index is 632. The molecular formula is C13H12BrN3O2S. The van der Waals surface area contributed by atoms with Crippen LogP contribution in [0.5, 0.6) is 0 Å². The molecule has 0 amide bonds. The van der Waals surface area contributed by atoms with Crippen molar-refractivity contribution in [1.29, 1.82) is 0 Å². The lowest BCUT2D eigenvalue weighted by molar-refractivity contribution is -0.384. The number of rotatable bonds is 4. The van der Waals surface area contributed by atoms with Crippen molar-refractivity contribution in [2.75, 3.05) is 0 Å². The van der Waals surface area contributed by atoms with Gasteiger partial charge >= 0.3 is 0 Å². The highest BCUT2D eigenvalue weighted by Gasteiger charge is 2.09. The average molecular weight is 354 g/mol. The molecule has 104 valence electrons. The fraction of sp³-hybridized carbons (Fsp3) is 0.231. The van der Waals surface area contributed by atoms with Gasteiger partial charge < -0.3 is 0 Å². The zero-order chi connectivity index (χ0) is 14.7. The zero-order valence-electron chi connectivity index (χ0n) is 10.9. The first kappa shape index (κ1) is 14.9. The van der Waals surface area contributed by atoms with E-state index in [2.05, 4.69) is 25.9 Å². The SMILES string of the molecule is CC(C)c1nc(Br)cc(Sc2ccc([N+](=O)[O-])cc2)n1. The predicted octanol–water partition coefficient (Wildman–Crippen LogP) is 4.42. The van der Waals surface area contributed by atoms with E-state index in [0.29, 0.717) is 0 Å². The van der Waals surface area contributed by atoms with Crippen LogP contribution >= 0.6 is 27.7 Å². The van der Waals surface area contributed by atoms with E-state index >= 15 is 0 Å². The smallest absolute Gasteiger partial charge is 0.258 e. The second-order valence-electron chi connectivity index (χ2n) is 4.39. The van der Waals surface area contributed by atoms with Gasteiger partial charge in [0.25, 0.3) is 5.69 Å². The molecule has 1 aromatic carbocycles. The van der Waals surface area contributed by atoms with Gasteiger partial charge in [0.05, 0.1) is 4.92 Å². The molecule has 0 unspecified atom stereocenters. The lowest BCUT2D eigenvalue weighted by Crippen LogP contribution is -1.98. The molecular weight excluding hydrogens is 342 g/mol. The van der Waals surface area contributed by atoms with Crippen LogP contribution in [0.1, 0.15) is 25.6 Å². The maximum atomic E-state index is 10.6. The molecule has 0 radical (unpaired) electrons. The quantitative estimate of drug-likeness (QED) is 0.462. The number of non-ortho nitro benzene ring substituents is 1. The van der Waals surface area contributed by atoms with E-state index in [1.54, 1.807) is 12.1 Å². The van der Waals surface area contributed by atoms with Crippen LogP contribution in [0.2, 0.25) is 0 Å². The Hall–Kier alpha value is -1.47. The van der Waals surface area contributed by atoms with Crippen LogP contribution in [0.4, 0.5) is 5.69 Å². The lowest BCUT2D eigenvalue weighted by Gasteiger charge is -2.07. The topological polar surface area (TPSA) is 68.9 Å². The van der Waals surface area contributed by atoms with Gasteiger partial charge in [-0.2, -0.15) is 0 Å². The standard InChI is InChI=1S/C13H12BrN3O2S/c1-8(2)13-15-11(14)7-12(16-13)20-10-5-3-9(4-6-10)17(18)19/h3-8H,1-2H3. The van der Waals surface area contributed by atoms with Crippen LogP contribution in [-0.4, -0.2) is 14.9 Å². The number of nitro benzene ring substituents is 1. The second kappa shape index (κ2) is 6.32. The summed E-state index contributed by atoms with van der Waals surface area (Å²) in [6.45, 7) is 4.06. The first-order chi connectivity index (χ1) is 9.45. The molecule has 0 N–H and O–H groups in total. The minimum Gasteiger partial charge on any atom is -0.258 e. The number of nitro groups is 1. The largest absolute Gasteiger partial charge is 0.269 e. The van der Waals surface area contributed by atoms with Gasteiger partial charge in [0.15, 0.2) is 0 Å². The number of hydrogen-bond acceptors (Lipinski definition) is 5. The summed E-state index contributed by atoms with van der Waals surface area (Å²) < 4.78 is 0.737. The van der Waals surface area contributed by atoms with Crippen molar-refractivity contribution in [3.8, 4) is 0 Å². The molecule has 1 aromatic heterocycles. The number of hydrogen-bond donors (Lipinski definition) is 0. The van der Waals surface area contributed by atoms with Crippen molar-refractivity contribution in [3.05, 3.63) is 50.9 Å². The molecule has 0 aliphatic carbocycles. The van der Waals surface area contributed by atoms with Gasteiger partial charge in [0, 0.05) is 29.0 Å². The van der Waals surface area contributed by atoms with E-state index in [1.807, 2.05) is 19.9 Å². The third-order valence-electron chi connectivity index (χ3n) is 2.48. The second-order valence-corrected chi connectivity index (χ2v) is 6.30.